The van der Waals surface area contributed by atoms with Crippen LogP contribution in [0, 0.1) is 0 Å². The Kier molecular flexibility index (Phi) is 6.94. The maximum atomic E-state index is 12.3. The monoisotopic (exact) mass is 431 g/mol. The fourth-order valence-electron chi connectivity index (χ4n) is 3.99. The summed E-state index contributed by atoms with van der Waals surface area (Å²) in [7, 11) is 0. The third kappa shape index (κ3) is 5.60. The Hall–Kier alpha value is -3.48. The zero-order valence-electron chi connectivity index (χ0n) is 18.4. The maximum Gasteiger partial charge on any atom is 0.251 e. The van der Waals surface area contributed by atoms with E-state index in [0.717, 1.165) is 49.4 Å². The van der Waals surface area contributed by atoms with E-state index < -0.39 is 0 Å². The number of hydrogen-bond donors (Lipinski definition) is 2. The van der Waals surface area contributed by atoms with E-state index in [1.165, 1.54) is 11.6 Å². The van der Waals surface area contributed by atoms with Crippen molar-refractivity contribution in [2.24, 2.45) is 0 Å². The molecule has 166 valence electrons. The van der Waals surface area contributed by atoms with Crippen LogP contribution in [0.3, 0.4) is 0 Å². The van der Waals surface area contributed by atoms with E-state index in [1.807, 2.05) is 37.3 Å². The van der Waals surface area contributed by atoms with Crippen molar-refractivity contribution in [2.45, 2.75) is 45.1 Å². The van der Waals surface area contributed by atoms with Gasteiger partial charge in [-0.25, -0.2) is 9.97 Å². The van der Waals surface area contributed by atoms with Crippen molar-refractivity contribution in [3.63, 3.8) is 0 Å². The Morgan fingerprint density at radius 2 is 1.94 bits per heavy atom. The molecule has 1 aliphatic rings. The molecular formula is C25H29N5O2. The van der Waals surface area contributed by atoms with Crippen molar-refractivity contribution >= 4 is 11.7 Å². The fraction of sp³-hybridized carbons (Fsp3) is 0.360. The van der Waals surface area contributed by atoms with Crippen LogP contribution in [0.2, 0.25) is 0 Å². The normalized spacial score (nSPS) is 14.3. The highest BCUT2D eigenvalue weighted by Crippen LogP contribution is 2.21. The van der Waals surface area contributed by atoms with Gasteiger partial charge < -0.3 is 15.2 Å². The SMILES string of the molecule is CCc1cc(=O)[nH]c(-c2ccc(N3CCC(NC(=O)CCc4ccccc4)CC3)nc2)n1. The summed E-state index contributed by atoms with van der Waals surface area (Å²) in [5, 5.41) is 3.18. The van der Waals surface area contributed by atoms with Crippen LogP contribution in [0.25, 0.3) is 11.4 Å². The summed E-state index contributed by atoms with van der Waals surface area (Å²) in [6, 6.07) is 15.7. The van der Waals surface area contributed by atoms with Gasteiger partial charge in [0.2, 0.25) is 5.91 Å². The summed E-state index contributed by atoms with van der Waals surface area (Å²) in [6.07, 6.45) is 5.54. The predicted octanol–water partition coefficient (Wildman–Crippen LogP) is 3.11. The first-order chi connectivity index (χ1) is 15.6. The van der Waals surface area contributed by atoms with E-state index in [1.54, 1.807) is 6.20 Å². The van der Waals surface area contributed by atoms with Crippen LogP contribution in [0.4, 0.5) is 5.82 Å². The first kappa shape index (κ1) is 21.7. The van der Waals surface area contributed by atoms with Gasteiger partial charge in [0.15, 0.2) is 0 Å². The second-order valence-corrected chi connectivity index (χ2v) is 8.16. The summed E-state index contributed by atoms with van der Waals surface area (Å²) in [5.41, 5.74) is 2.60. The molecule has 32 heavy (non-hydrogen) atoms. The van der Waals surface area contributed by atoms with E-state index in [4.69, 9.17) is 0 Å². The van der Waals surface area contributed by atoms with Crippen molar-refractivity contribution in [1.82, 2.24) is 20.3 Å². The van der Waals surface area contributed by atoms with E-state index in [9.17, 15) is 9.59 Å². The van der Waals surface area contributed by atoms with Crippen molar-refractivity contribution in [3.8, 4) is 11.4 Å². The van der Waals surface area contributed by atoms with Crippen LogP contribution in [-0.2, 0) is 17.6 Å². The number of aromatic amines is 1. The lowest BCUT2D eigenvalue weighted by molar-refractivity contribution is -0.121. The molecule has 0 aliphatic carbocycles. The number of pyridine rings is 1. The van der Waals surface area contributed by atoms with Crippen LogP contribution in [0.1, 0.15) is 37.4 Å². The Morgan fingerprint density at radius 3 is 2.62 bits per heavy atom. The van der Waals surface area contributed by atoms with Crippen LogP contribution >= 0.6 is 0 Å². The number of carbonyl (C=O) groups excluding carboxylic acids is 1. The molecular weight excluding hydrogens is 402 g/mol. The molecule has 7 nitrogen and oxygen atoms in total. The van der Waals surface area contributed by atoms with Crippen molar-refractivity contribution in [2.75, 3.05) is 18.0 Å². The van der Waals surface area contributed by atoms with Gasteiger partial charge in [0.25, 0.3) is 5.56 Å². The van der Waals surface area contributed by atoms with E-state index in [2.05, 4.69) is 37.3 Å². The molecule has 1 saturated heterocycles. The summed E-state index contributed by atoms with van der Waals surface area (Å²) >= 11 is 0. The number of rotatable bonds is 7. The Labute approximate surface area is 187 Å². The minimum Gasteiger partial charge on any atom is -0.356 e. The van der Waals surface area contributed by atoms with Gasteiger partial charge >= 0.3 is 0 Å². The molecule has 0 radical (unpaired) electrons. The van der Waals surface area contributed by atoms with Gasteiger partial charge in [0, 0.05) is 49.1 Å². The van der Waals surface area contributed by atoms with E-state index in [-0.39, 0.29) is 17.5 Å². The molecule has 0 saturated carbocycles. The van der Waals surface area contributed by atoms with Crippen LogP contribution in [0.5, 0.6) is 0 Å². The Bertz CT molecular complexity index is 1090. The molecule has 0 spiro atoms. The lowest BCUT2D eigenvalue weighted by Crippen LogP contribution is -2.45. The zero-order valence-corrected chi connectivity index (χ0v) is 18.4. The van der Waals surface area contributed by atoms with Gasteiger partial charge in [-0.15, -0.1) is 0 Å². The molecule has 1 amide bonds. The van der Waals surface area contributed by atoms with Crippen molar-refractivity contribution in [1.29, 1.82) is 0 Å². The van der Waals surface area contributed by atoms with Gasteiger partial charge in [0.1, 0.15) is 11.6 Å². The van der Waals surface area contributed by atoms with E-state index >= 15 is 0 Å². The number of aryl methyl sites for hydroxylation is 2. The summed E-state index contributed by atoms with van der Waals surface area (Å²) < 4.78 is 0. The van der Waals surface area contributed by atoms with Crippen LogP contribution < -0.4 is 15.8 Å². The quantitative estimate of drug-likeness (QED) is 0.600. The highest BCUT2D eigenvalue weighted by Gasteiger charge is 2.21. The fourth-order valence-corrected chi connectivity index (χ4v) is 3.99. The number of nitrogens with one attached hydrogen (secondary N) is 2. The number of amides is 1. The number of carbonyl (C=O) groups is 1. The summed E-state index contributed by atoms with van der Waals surface area (Å²) in [4.78, 5) is 38.2. The third-order valence-corrected chi connectivity index (χ3v) is 5.85. The van der Waals surface area contributed by atoms with Gasteiger partial charge in [-0.1, -0.05) is 37.3 Å². The average molecular weight is 432 g/mol. The van der Waals surface area contributed by atoms with Crippen molar-refractivity contribution < 1.29 is 4.79 Å². The molecule has 7 heteroatoms. The molecule has 1 aromatic carbocycles. The van der Waals surface area contributed by atoms with Crippen LogP contribution in [-0.4, -0.2) is 40.0 Å². The topological polar surface area (TPSA) is 91.0 Å². The number of hydrogen-bond acceptors (Lipinski definition) is 5. The van der Waals surface area contributed by atoms with Gasteiger partial charge in [-0.2, -0.15) is 0 Å². The first-order valence-corrected chi connectivity index (χ1v) is 11.3. The number of nitrogens with zero attached hydrogens (tertiary/aromatic N) is 3. The average Bonchev–Trinajstić information content (AvgIpc) is 2.83. The standard InChI is InChI=1S/C25H29N5O2/c1-2-20-16-24(32)29-25(28-20)19-9-10-22(26-17-19)30-14-12-21(13-15-30)27-23(31)11-8-18-6-4-3-5-7-18/h3-7,9-10,16-17,21H,2,8,11-15H2,1H3,(H,27,31)(H,28,29,32). The molecule has 3 heterocycles. The first-order valence-electron chi connectivity index (χ1n) is 11.3. The smallest absolute Gasteiger partial charge is 0.251 e. The molecule has 0 atom stereocenters. The van der Waals surface area contributed by atoms with E-state index in [0.29, 0.717) is 18.7 Å². The summed E-state index contributed by atoms with van der Waals surface area (Å²) in [6.45, 7) is 3.66. The second kappa shape index (κ2) is 10.2. The van der Waals surface area contributed by atoms with Crippen molar-refractivity contribution in [3.05, 3.63) is 76.3 Å². The lowest BCUT2D eigenvalue weighted by atomic mass is 10.0. The number of benzene rings is 1. The van der Waals surface area contributed by atoms with Crippen LogP contribution in [0.15, 0.2) is 59.5 Å². The minimum atomic E-state index is -0.149. The number of anilines is 1. The number of H-pyrrole nitrogens is 1. The third-order valence-electron chi connectivity index (χ3n) is 5.85. The minimum absolute atomic E-state index is 0.116. The number of aromatic nitrogens is 3. The predicted molar refractivity (Wildman–Crippen MR) is 126 cm³/mol. The highest BCUT2D eigenvalue weighted by molar-refractivity contribution is 5.76. The second-order valence-electron chi connectivity index (χ2n) is 8.16. The molecule has 3 aromatic rings. The zero-order chi connectivity index (χ0) is 22.3. The molecule has 2 aromatic heterocycles. The molecule has 0 unspecified atom stereocenters. The largest absolute Gasteiger partial charge is 0.356 e. The molecule has 0 bridgehead atoms. The highest BCUT2D eigenvalue weighted by atomic mass is 16.1. The van der Waals surface area contributed by atoms with Gasteiger partial charge in [0.05, 0.1) is 0 Å². The Morgan fingerprint density at radius 1 is 1.16 bits per heavy atom. The Balaban J connectivity index is 1.28. The molecule has 4 rings (SSSR count). The molecule has 1 fully saturated rings. The maximum absolute atomic E-state index is 12.3. The summed E-state index contributed by atoms with van der Waals surface area (Å²) in [5.74, 6) is 1.56. The van der Waals surface area contributed by atoms with Gasteiger partial charge in [-0.3, -0.25) is 9.59 Å². The molecule has 1 aliphatic heterocycles. The lowest BCUT2D eigenvalue weighted by Gasteiger charge is -2.33. The number of piperidine rings is 1. The van der Waals surface area contributed by atoms with Gasteiger partial charge in [-0.05, 0) is 43.4 Å². The molecule has 2 N–H and O–H groups in total.